The van der Waals surface area contributed by atoms with Crippen molar-refractivity contribution in [2.45, 2.75) is 45.7 Å². The average Bonchev–Trinajstić information content (AvgIpc) is 2.44. The summed E-state index contributed by atoms with van der Waals surface area (Å²) in [5.74, 6) is 0.642. The predicted molar refractivity (Wildman–Crippen MR) is 89.6 cm³/mol. The van der Waals surface area contributed by atoms with E-state index in [1.807, 2.05) is 32.2 Å². The molecule has 0 saturated heterocycles. The van der Waals surface area contributed by atoms with Gasteiger partial charge in [0.15, 0.2) is 6.61 Å². The zero-order valence-electron chi connectivity index (χ0n) is 13.2. The van der Waals surface area contributed by atoms with Crippen LogP contribution in [-0.2, 0) is 4.79 Å². The first-order valence-electron chi connectivity index (χ1n) is 7.36. The maximum atomic E-state index is 11.9. The fourth-order valence-corrected chi connectivity index (χ4v) is 2.45. The van der Waals surface area contributed by atoms with Crippen LogP contribution in [0, 0.1) is 0 Å². The minimum absolute atomic E-state index is 0.0357. The highest BCUT2D eigenvalue weighted by Crippen LogP contribution is 2.28. The molecule has 1 aromatic carbocycles. The van der Waals surface area contributed by atoms with E-state index in [0.717, 1.165) is 28.6 Å². The molecule has 0 spiro atoms. The van der Waals surface area contributed by atoms with E-state index in [1.165, 1.54) is 0 Å². The molecule has 0 aliphatic rings. The fraction of sp³-hybridized carbons (Fsp3) is 0.562. The normalized spacial score (nSPS) is 13.6. The van der Waals surface area contributed by atoms with E-state index < -0.39 is 0 Å². The second-order valence-electron chi connectivity index (χ2n) is 5.24. The second-order valence-corrected chi connectivity index (χ2v) is 6.15. The molecule has 0 bridgehead atoms. The Morgan fingerprint density at radius 2 is 2.10 bits per heavy atom. The van der Waals surface area contributed by atoms with E-state index >= 15 is 0 Å². The Bertz CT molecular complexity index is 466. The molecule has 0 aromatic heterocycles. The first kappa shape index (κ1) is 18.0. The summed E-state index contributed by atoms with van der Waals surface area (Å²) in [6, 6.07) is 6.21. The zero-order chi connectivity index (χ0) is 15.8. The van der Waals surface area contributed by atoms with Crippen LogP contribution in [0.15, 0.2) is 22.7 Å². The third-order valence-corrected chi connectivity index (χ3v) is 3.86. The minimum atomic E-state index is -0.0843. The summed E-state index contributed by atoms with van der Waals surface area (Å²) in [7, 11) is 1.90. The van der Waals surface area contributed by atoms with E-state index in [2.05, 4.69) is 40.4 Å². The van der Waals surface area contributed by atoms with Crippen molar-refractivity contribution in [1.29, 1.82) is 0 Å². The largest absolute Gasteiger partial charge is 0.483 e. The van der Waals surface area contributed by atoms with Crippen LogP contribution >= 0.6 is 15.9 Å². The second kappa shape index (κ2) is 9.05. The van der Waals surface area contributed by atoms with Gasteiger partial charge in [0, 0.05) is 22.1 Å². The molecule has 0 aliphatic heterocycles. The lowest BCUT2D eigenvalue weighted by molar-refractivity contribution is -0.123. The lowest BCUT2D eigenvalue weighted by atomic mass is 10.1. The lowest BCUT2D eigenvalue weighted by Crippen LogP contribution is -2.36. The van der Waals surface area contributed by atoms with E-state index in [0.29, 0.717) is 0 Å². The molecule has 1 amide bonds. The van der Waals surface area contributed by atoms with Crippen molar-refractivity contribution >= 4 is 21.8 Å². The van der Waals surface area contributed by atoms with Crippen molar-refractivity contribution in [2.75, 3.05) is 13.7 Å². The van der Waals surface area contributed by atoms with Gasteiger partial charge in [-0.1, -0.05) is 35.3 Å². The topological polar surface area (TPSA) is 50.4 Å². The molecule has 2 unspecified atom stereocenters. The van der Waals surface area contributed by atoms with Gasteiger partial charge in [0.25, 0.3) is 5.91 Å². The number of rotatable bonds is 8. The van der Waals surface area contributed by atoms with E-state index in [-0.39, 0.29) is 24.6 Å². The number of halogens is 1. The monoisotopic (exact) mass is 356 g/mol. The molecule has 2 N–H and O–H groups in total. The number of amides is 1. The molecule has 118 valence electrons. The summed E-state index contributed by atoms with van der Waals surface area (Å²) in [5.41, 5.74) is 1.04. The van der Waals surface area contributed by atoms with Crippen molar-refractivity contribution in [3.8, 4) is 5.75 Å². The summed E-state index contributed by atoms with van der Waals surface area (Å²) in [4.78, 5) is 11.9. The van der Waals surface area contributed by atoms with Gasteiger partial charge in [-0.05, 0) is 39.4 Å². The molecule has 0 saturated carbocycles. The molecule has 21 heavy (non-hydrogen) atoms. The molecule has 4 nitrogen and oxygen atoms in total. The Morgan fingerprint density at radius 3 is 2.71 bits per heavy atom. The van der Waals surface area contributed by atoms with Crippen LogP contribution in [0.5, 0.6) is 5.75 Å². The van der Waals surface area contributed by atoms with Crippen LogP contribution in [0.1, 0.15) is 45.2 Å². The number of nitrogens with one attached hydrogen (secondary N) is 2. The molecule has 0 aliphatic carbocycles. The number of carbonyl (C=O) groups excluding carboxylic acids is 1. The first-order valence-corrected chi connectivity index (χ1v) is 8.16. The molecule has 0 heterocycles. The SMILES string of the molecule is CCCC(C)NC(=O)COc1cc(Br)ccc1C(C)NC. The Morgan fingerprint density at radius 1 is 1.38 bits per heavy atom. The van der Waals surface area contributed by atoms with Crippen LogP contribution in [-0.4, -0.2) is 25.6 Å². The summed E-state index contributed by atoms with van der Waals surface area (Å²) in [6.07, 6.45) is 2.03. The van der Waals surface area contributed by atoms with Gasteiger partial charge in [0.05, 0.1) is 0 Å². The summed E-state index contributed by atoms with van der Waals surface area (Å²) >= 11 is 3.43. The van der Waals surface area contributed by atoms with Crippen molar-refractivity contribution in [3.63, 3.8) is 0 Å². The van der Waals surface area contributed by atoms with Crippen LogP contribution in [0.25, 0.3) is 0 Å². The van der Waals surface area contributed by atoms with Crippen LogP contribution in [0.2, 0.25) is 0 Å². The molecule has 0 radical (unpaired) electrons. The van der Waals surface area contributed by atoms with E-state index in [9.17, 15) is 4.79 Å². The van der Waals surface area contributed by atoms with Crippen molar-refractivity contribution < 1.29 is 9.53 Å². The fourth-order valence-electron chi connectivity index (χ4n) is 2.11. The van der Waals surface area contributed by atoms with Gasteiger partial charge in [-0.15, -0.1) is 0 Å². The number of carbonyl (C=O) groups is 1. The first-order chi connectivity index (χ1) is 9.97. The maximum Gasteiger partial charge on any atom is 0.258 e. The summed E-state index contributed by atoms with van der Waals surface area (Å²) < 4.78 is 6.63. The van der Waals surface area contributed by atoms with E-state index in [1.54, 1.807) is 0 Å². The highest BCUT2D eigenvalue weighted by Gasteiger charge is 2.13. The van der Waals surface area contributed by atoms with Crippen LogP contribution in [0.3, 0.4) is 0 Å². The van der Waals surface area contributed by atoms with Gasteiger partial charge in [-0.25, -0.2) is 0 Å². The molecule has 1 rings (SSSR count). The van der Waals surface area contributed by atoms with Gasteiger partial charge in [-0.3, -0.25) is 4.79 Å². The van der Waals surface area contributed by atoms with Crippen molar-refractivity contribution in [3.05, 3.63) is 28.2 Å². The third-order valence-electron chi connectivity index (χ3n) is 3.36. The maximum absolute atomic E-state index is 11.9. The number of benzene rings is 1. The van der Waals surface area contributed by atoms with Crippen LogP contribution in [0.4, 0.5) is 0 Å². The molecule has 2 atom stereocenters. The Kier molecular flexibility index (Phi) is 7.75. The zero-order valence-corrected chi connectivity index (χ0v) is 14.8. The van der Waals surface area contributed by atoms with Crippen molar-refractivity contribution in [1.82, 2.24) is 10.6 Å². The van der Waals surface area contributed by atoms with Gasteiger partial charge in [-0.2, -0.15) is 0 Å². The molecule has 1 aromatic rings. The van der Waals surface area contributed by atoms with Gasteiger partial charge < -0.3 is 15.4 Å². The van der Waals surface area contributed by atoms with Gasteiger partial charge >= 0.3 is 0 Å². The quantitative estimate of drug-likeness (QED) is 0.750. The molecule has 0 fully saturated rings. The van der Waals surface area contributed by atoms with Crippen LogP contribution < -0.4 is 15.4 Å². The Balaban J connectivity index is 2.65. The number of hydrogen-bond donors (Lipinski definition) is 2. The van der Waals surface area contributed by atoms with Gasteiger partial charge in [0.2, 0.25) is 0 Å². The molecular weight excluding hydrogens is 332 g/mol. The smallest absolute Gasteiger partial charge is 0.258 e. The third kappa shape index (κ3) is 6.06. The number of ether oxygens (including phenoxy) is 1. The predicted octanol–water partition coefficient (Wildman–Crippen LogP) is 3.41. The Hall–Kier alpha value is -1.07. The standard InChI is InChI=1S/C16H25BrN2O2/c1-5-6-11(2)19-16(20)10-21-15-9-13(17)7-8-14(15)12(3)18-4/h7-9,11-12,18H,5-6,10H2,1-4H3,(H,19,20). The Labute approximate surface area is 135 Å². The summed E-state index contributed by atoms with van der Waals surface area (Å²) in [6.45, 7) is 6.20. The highest BCUT2D eigenvalue weighted by atomic mass is 79.9. The summed E-state index contributed by atoms with van der Waals surface area (Å²) in [5, 5.41) is 6.12. The van der Waals surface area contributed by atoms with Gasteiger partial charge in [0.1, 0.15) is 5.75 Å². The average molecular weight is 357 g/mol. The molecular formula is C16H25BrN2O2. The lowest BCUT2D eigenvalue weighted by Gasteiger charge is -2.18. The number of hydrogen-bond acceptors (Lipinski definition) is 3. The van der Waals surface area contributed by atoms with E-state index in [4.69, 9.17) is 4.74 Å². The minimum Gasteiger partial charge on any atom is -0.483 e. The highest BCUT2D eigenvalue weighted by molar-refractivity contribution is 9.10. The van der Waals surface area contributed by atoms with Crippen molar-refractivity contribution in [2.24, 2.45) is 0 Å². The molecule has 5 heteroatoms.